The monoisotopic (exact) mass is 319 g/mol. The largest absolute Gasteiger partial charge is 0.341 e. The van der Waals surface area contributed by atoms with Gasteiger partial charge in [0.1, 0.15) is 11.4 Å². The molecule has 8 heteroatoms. The molecule has 1 unspecified atom stereocenters. The fraction of sp³-hybridized carbons (Fsp3) is 0.467. The maximum Gasteiger partial charge on any atom is 0.253 e. The first-order chi connectivity index (χ1) is 11.0. The van der Waals surface area contributed by atoms with Gasteiger partial charge in [0.25, 0.3) is 5.89 Å². The third-order valence-electron chi connectivity index (χ3n) is 3.95. The predicted molar refractivity (Wildman–Crippen MR) is 78.6 cm³/mol. The predicted octanol–water partition coefficient (Wildman–Crippen LogP) is 1.15. The Morgan fingerprint density at radius 2 is 2.39 bits per heavy atom. The van der Waals surface area contributed by atoms with Gasteiger partial charge in [0.2, 0.25) is 5.91 Å². The van der Waals surface area contributed by atoms with Crippen LogP contribution in [-0.4, -0.2) is 39.0 Å². The standard InChI is InChI=1S/C15H18FN5O2/c1-10-18-14(23-20-10)15(19-11(2)22)4-6-21(9-15)8-12-3-5-17-7-13(12)16/h3,5,7H,4,6,8-9H2,1-2H3,(H,19,22). The fourth-order valence-corrected chi connectivity index (χ4v) is 2.96. The first kappa shape index (κ1) is 15.5. The fourth-order valence-electron chi connectivity index (χ4n) is 2.96. The van der Waals surface area contributed by atoms with E-state index in [9.17, 15) is 9.18 Å². The van der Waals surface area contributed by atoms with Crippen molar-refractivity contribution in [3.05, 3.63) is 41.6 Å². The molecule has 7 nitrogen and oxygen atoms in total. The Morgan fingerprint density at radius 3 is 3.04 bits per heavy atom. The number of aromatic nitrogens is 3. The molecule has 0 aliphatic carbocycles. The van der Waals surface area contributed by atoms with Crippen molar-refractivity contribution in [2.45, 2.75) is 32.4 Å². The number of rotatable bonds is 4. The van der Waals surface area contributed by atoms with Crippen LogP contribution in [0.3, 0.4) is 0 Å². The van der Waals surface area contributed by atoms with Crippen molar-refractivity contribution >= 4 is 5.91 Å². The lowest BCUT2D eigenvalue weighted by Gasteiger charge is -2.26. The van der Waals surface area contributed by atoms with Gasteiger partial charge in [-0.15, -0.1) is 0 Å². The van der Waals surface area contributed by atoms with Crippen LogP contribution < -0.4 is 5.32 Å². The normalized spacial score (nSPS) is 21.5. The molecular formula is C15H18FN5O2. The molecule has 1 aliphatic rings. The van der Waals surface area contributed by atoms with E-state index in [0.717, 1.165) is 0 Å². The molecule has 1 fully saturated rings. The minimum Gasteiger partial charge on any atom is -0.341 e. The van der Waals surface area contributed by atoms with Gasteiger partial charge < -0.3 is 9.84 Å². The SMILES string of the molecule is CC(=O)NC1(c2nc(C)no2)CCN(Cc2ccncc2F)C1. The van der Waals surface area contributed by atoms with Crippen LogP contribution in [0.1, 0.15) is 30.6 Å². The van der Waals surface area contributed by atoms with E-state index in [1.807, 2.05) is 4.90 Å². The minimum atomic E-state index is -0.726. The van der Waals surface area contributed by atoms with E-state index in [1.54, 1.807) is 19.2 Å². The molecule has 1 atom stereocenters. The van der Waals surface area contributed by atoms with Crippen molar-refractivity contribution in [2.75, 3.05) is 13.1 Å². The zero-order valence-corrected chi connectivity index (χ0v) is 13.0. The van der Waals surface area contributed by atoms with E-state index in [-0.39, 0.29) is 11.7 Å². The van der Waals surface area contributed by atoms with Gasteiger partial charge in [0.15, 0.2) is 5.82 Å². The molecule has 0 spiro atoms. The van der Waals surface area contributed by atoms with Crippen molar-refractivity contribution in [1.82, 2.24) is 25.3 Å². The van der Waals surface area contributed by atoms with E-state index in [4.69, 9.17) is 4.52 Å². The highest BCUT2D eigenvalue weighted by Gasteiger charge is 2.45. The smallest absolute Gasteiger partial charge is 0.253 e. The molecule has 1 aliphatic heterocycles. The first-order valence-corrected chi connectivity index (χ1v) is 7.39. The molecule has 3 rings (SSSR count). The van der Waals surface area contributed by atoms with E-state index in [1.165, 1.54) is 13.1 Å². The van der Waals surface area contributed by atoms with Crippen LogP contribution in [0.5, 0.6) is 0 Å². The molecule has 2 aromatic heterocycles. The van der Waals surface area contributed by atoms with Crippen LogP contribution in [0.25, 0.3) is 0 Å². The average molecular weight is 319 g/mol. The second kappa shape index (κ2) is 6.04. The highest BCUT2D eigenvalue weighted by molar-refractivity contribution is 5.74. The molecule has 1 amide bonds. The molecular weight excluding hydrogens is 301 g/mol. The number of halogens is 1. The summed E-state index contributed by atoms with van der Waals surface area (Å²) in [4.78, 5) is 21.7. The quantitative estimate of drug-likeness (QED) is 0.910. The Morgan fingerprint density at radius 1 is 1.57 bits per heavy atom. The van der Waals surface area contributed by atoms with E-state index >= 15 is 0 Å². The summed E-state index contributed by atoms with van der Waals surface area (Å²) in [6.45, 7) is 4.78. The summed E-state index contributed by atoms with van der Waals surface area (Å²) < 4.78 is 19.1. The number of pyridine rings is 1. The van der Waals surface area contributed by atoms with Gasteiger partial charge in [-0.1, -0.05) is 5.16 Å². The molecule has 1 N–H and O–H groups in total. The average Bonchev–Trinajstić information content (AvgIpc) is 3.09. The lowest BCUT2D eigenvalue weighted by molar-refractivity contribution is -0.121. The number of aryl methyl sites for hydroxylation is 1. The van der Waals surface area contributed by atoms with Crippen molar-refractivity contribution in [3.63, 3.8) is 0 Å². The molecule has 1 saturated heterocycles. The van der Waals surface area contributed by atoms with Crippen LogP contribution in [0.15, 0.2) is 23.0 Å². The van der Waals surface area contributed by atoms with E-state index < -0.39 is 5.54 Å². The van der Waals surface area contributed by atoms with Gasteiger partial charge >= 0.3 is 0 Å². The molecule has 3 heterocycles. The Balaban J connectivity index is 1.81. The number of carbonyl (C=O) groups excluding carboxylic acids is 1. The molecule has 0 saturated carbocycles. The molecule has 2 aromatic rings. The van der Waals surface area contributed by atoms with Crippen molar-refractivity contribution in [2.24, 2.45) is 0 Å². The number of nitrogens with one attached hydrogen (secondary N) is 1. The Bertz CT molecular complexity index is 719. The van der Waals surface area contributed by atoms with Gasteiger partial charge in [-0.3, -0.25) is 14.7 Å². The summed E-state index contributed by atoms with van der Waals surface area (Å²) in [5.74, 6) is 0.405. The van der Waals surface area contributed by atoms with Crippen LogP contribution in [0.2, 0.25) is 0 Å². The third-order valence-corrected chi connectivity index (χ3v) is 3.95. The molecule has 0 bridgehead atoms. The topological polar surface area (TPSA) is 84.2 Å². The maximum absolute atomic E-state index is 13.8. The van der Waals surface area contributed by atoms with Crippen molar-refractivity contribution in [3.8, 4) is 0 Å². The summed E-state index contributed by atoms with van der Waals surface area (Å²) in [6, 6.07) is 1.66. The van der Waals surface area contributed by atoms with Gasteiger partial charge in [-0.25, -0.2) is 4.39 Å². The second-order valence-electron chi connectivity index (χ2n) is 5.84. The van der Waals surface area contributed by atoms with Crippen LogP contribution in [0.4, 0.5) is 4.39 Å². The summed E-state index contributed by atoms with van der Waals surface area (Å²) >= 11 is 0. The summed E-state index contributed by atoms with van der Waals surface area (Å²) in [7, 11) is 0. The number of likely N-dealkylation sites (tertiary alicyclic amines) is 1. The molecule has 23 heavy (non-hydrogen) atoms. The van der Waals surface area contributed by atoms with Gasteiger partial charge in [0.05, 0.1) is 6.20 Å². The Kier molecular flexibility index (Phi) is 4.08. The van der Waals surface area contributed by atoms with Crippen LogP contribution >= 0.6 is 0 Å². The maximum atomic E-state index is 13.8. The number of carbonyl (C=O) groups is 1. The molecule has 0 radical (unpaired) electrons. The van der Waals surface area contributed by atoms with Gasteiger partial charge in [0, 0.05) is 38.3 Å². The molecule has 0 aromatic carbocycles. The van der Waals surface area contributed by atoms with Crippen molar-refractivity contribution < 1.29 is 13.7 Å². The molecule has 122 valence electrons. The zero-order valence-electron chi connectivity index (χ0n) is 13.0. The number of hydrogen-bond acceptors (Lipinski definition) is 6. The summed E-state index contributed by atoms with van der Waals surface area (Å²) in [6.07, 6.45) is 3.39. The first-order valence-electron chi connectivity index (χ1n) is 7.39. The second-order valence-corrected chi connectivity index (χ2v) is 5.84. The lowest BCUT2D eigenvalue weighted by Crippen LogP contribution is -2.47. The van der Waals surface area contributed by atoms with Crippen LogP contribution in [0, 0.1) is 12.7 Å². The highest BCUT2D eigenvalue weighted by atomic mass is 19.1. The summed E-state index contributed by atoms with van der Waals surface area (Å²) in [5.41, 5.74) is -0.156. The highest BCUT2D eigenvalue weighted by Crippen LogP contribution is 2.32. The summed E-state index contributed by atoms with van der Waals surface area (Å²) in [5, 5.41) is 6.74. The van der Waals surface area contributed by atoms with Gasteiger partial charge in [-0.05, 0) is 19.4 Å². The number of nitrogens with zero attached hydrogens (tertiary/aromatic N) is 4. The minimum absolute atomic E-state index is 0.169. The number of hydrogen-bond donors (Lipinski definition) is 1. The Hall–Kier alpha value is -2.35. The van der Waals surface area contributed by atoms with E-state index in [2.05, 4.69) is 20.4 Å². The van der Waals surface area contributed by atoms with Gasteiger partial charge in [-0.2, -0.15) is 4.98 Å². The lowest BCUT2D eigenvalue weighted by atomic mass is 9.98. The third kappa shape index (κ3) is 3.21. The van der Waals surface area contributed by atoms with E-state index in [0.29, 0.717) is 43.3 Å². The number of amides is 1. The van der Waals surface area contributed by atoms with Crippen molar-refractivity contribution in [1.29, 1.82) is 0 Å². The van der Waals surface area contributed by atoms with Crippen LogP contribution in [-0.2, 0) is 16.9 Å². The zero-order chi connectivity index (χ0) is 16.4. The Labute approximate surface area is 132 Å².